The Hall–Kier alpha value is -1.75. The molecule has 0 atom stereocenters. The van der Waals surface area contributed by atoms with Crippen molar-refractivity contribution in [3.05, 3.63) is 17.2 Å². The van der Waals surface area contributed by atoms with E-state index in [0.29, 0.717) is 17.2 Å². The van der Waals surface area contributed by atoms with Crippen molar-refractivity contribution in [2.45, 2.75) is 13.3 Å². The average molecular weight is 272 g/mol. The maximum Gasteiger partial charge on any atom is 0.231 e. The van der Waals surface area contributed by atoms with E-state index >= 15 is 0 Å². The van der Waals surface area contributed by atoms with Gasteiger partial charge in [0.15, 0.2) is 0 Å². The Morgan fingerprint density at radius 1 is 1.28 bits per heavy atom. The van der Waals surface area contributed by atoms with Crippen LogP contribution in [0.4, 0.5) is 5.69 Å². The van der Waals surface area contributed by atoms with E-state index < -0.39 is 5.91 Å². The van der Waals surface area contributed by atoms with Crippen molar-refractivity contribution < 1.29 is 19.1 Å². The quantitative estimate of drug-likeness (QED) is 0.835. The first-order chi connectivity index (χ1) is 8.47. The Morgan fingerprint density at radius 2 is 1.94 bits per heavy atom. The van der Waals surface area contributed by atoms with Gasteiger partial charge in [-0.2, -0.15) is 0 Å². The van der Waals surface area contributed by atoms with Crippen LogP contribution in [0.3, 0.4) is 0 Å². The van der Waals surface area contributed by atoms with Gasteiger partial charge in [0.05, 0.1) is 25.7 Å². The highest BCUT2D eigenvalue weighted by Gasteiger charge is 2.14. The van der Waals surface area contributed by atoms with Crippen molar-refractivity contribution in [1.82, 2.24) is 0 Å². The summed E-state index contributed by atoms with van der Waals surface area (Å²) in [6, 6.07) is 3.14. The molecule has 0 radical (unpaired) electrons. The minimum atomic E-state index is -0.437. The van der Waals surface area contributed by atoms with Crippen LogP contribution in [-0.2, 0) is 9.59 Å². The van der Waals surface area contributed by atoms with Crippen molar-refractivity contribution in [2.75, 3.05) is 19.5 Å². The van der Waals surface area contributed by atoms with Crippen LogP contribution in [0.15, 0.2) is 12.1 Å². The predicted octanol–water partition coefficient (Wildman–Crippen LogP) is 2.27. The van der Waals surface area contributed by atoms with Gasteiger partial charge in [-0.3, -0.25) is 9.59 Å². The highest BCUT2D eigenvalue weighted by molar-refractivity contribution is 6.34. The second kappa shape index (κ2) is 6.26. The summed E-state index contributed by atoms with van der Waals surface area (Å²) in [6.45, 7) is 1.34. The van der Waals surface area contributed by atoms with Crippen molar-refractivity contribution in [3.8, 4) is 11.5 Å². The van der Waals surface area contributed by atoms with Crippen LogP contribution in [-0.4, -0.2) is 25.9 Å². The summed E-state index contributed by atoms with van der Waals surface area (Å²) in [5.41, 5.74) is 0.325. The molecule has 0 heterocycles. The number of methoxy groups -OCH3 is 2. The van der Waals surface area contributed by atoms with Crippen LogP contribution in [0.5, 0.6) is 11.5 Å². The highest BCUT2D eigenvalue weighted by Crippen LogP contribution is 2.36. The van der Waals surface area contributed by atoms with Gasteiger partial charge < -0.3 is 14.8 Å². The number of carbonyl (C=O) groups excluding carboxylic acids is 2. The van der Waals surface area contributed by atoms with E-state index in [1.807, 2.05) is 0 Å². The zero-order valence-electron chi connectivity index (χ0n) is 10.4. The molecule has 0 aliphatic carbocycles. The van der Waals surface area contributed by atoms with Crippen LogP contribution < -0.4 is 14.8 Å². The number of hydrogen-bond donors (Lipinski definition) is 1. The second-order valence-corrected chi connectivity index (χ2v) is 4.02. The molecule has 0 saturated heterocycles. The first kappa shape index (κ1) is 14.3. The number of anilines is 1. The molecule has 0 aromatic heterocycles. The Kier molecular flexibility index (Phi) is 4.97. The third-order valence-corrected chi connectivity index (χ3v) is 2.46. The van der Waals surface area contributed by atoms with Gasteiger partial charge in [-0.1, -0.05) is 11.6 Å². The van der Waals surface area contributed by atoms with Crippen molar-refractivity contribution in [2.24, 2.45) is 0 Å². The standard InChI is InChI=1S/C12H14ClNO4/c1-7(15)4-11(16)14-12-9(13)5-8(17-2)6-10(12)18-3/h5-6H,4H2,1-3H3,(H,14,16). The van der Waals surface area contributed by atoms with E-state index in [2.05, 4.69) is 5.32 Å². The second-order valence-electron chi connectivity index (χ2n) is 3.61. The maximum absolute atomic E-state index is 11.5. The minimum absolute atomic E-state index is 0.203. The number of benzene rings is 1. The molecular formula is C12H14ClNO4. The van der Waals surface area contributed by atoms with Crippen molar-refractivity contribution in [1.29, 1.82) is 0 Å². The fourth-order valence-electron chi connectivity index (χ4n) is 1.37. The Labute approximate surface area is 110 Å². The molecule has 0 fully saturated rings. The smallest absolute Gasteiger partial charge is 0.231 e. The van der Waals surface area contributed by atoms with Crippen LogP contribution in [0.1, 0.15) is 13.3 Å². The van der Waals surface area contributed by atoms with E-state index in [1.165, 1.54) is 21.1 Å². The molecule has 1 rings (SSSR count). The zero-order valence-corrected chi connectivity index (χ0v) is 11.1. The van der Waals surface area contributed by atoms with Crippen LogP contribution >= 0.6 is 11.6 Å². The third-order valence-electron chi connectivity index (χ3n) is 2.16. The van der Waals surface area contributed by atoms with E-state index in [0.717, 1.165) is 0 Å². The molecule has 5 nitrogen and oxygen atoms in total. The van der Waals surface area contributed by atoms with E-state index in [4.69, 9.17) is 21.1 Å². The lowest BCUT2D eigenvalue weighted by Crippen LogP contribution is -2.15. The van der Waals surface area contributed by atoms with Gasteiger partial charge in [-0.15, -0.1) is 0 Å². The SMILES string of the molecule is COc1cc(Cl)c(NC(=O)CC(C)=O)c(OC)c1. The molecule has 18 heavy (non-hydrogen) atoms. The average Bonchev–Trinajstić information content (AvgIpc) is 2.30. The normalized spacial score (nSPS) is 9.78. The third kappa shape index (κ3) is 3.63. The molecule has 0 saturated carbocycles. The summed E-state index contributed by atoms with van der Waals surface area (Å²) in [4.78, 5) is 22.4. The molecule has 1 N–H and O–H groups in total. The van der Waals surface area contributed by atoms with E-state index in [1.54, 1.807) is 12.1 Å². The summed E-state index contributed by atoms with van der Waals surface area (Å²) in [6.07, 6.45) is -0.203. The molecule has 0 aliphatic rings. The first-order valence-corrected chi connectivity index (χ1v) is 5.56. The number of ketones is 1. The number of Topliss-reactive ketones (excluding diaryl/α,β-unsaturated/α-hetero) is 1. The minimum Gasteiger partial charge on any atom is -0.497 e. The van der Waals surface area contributed by atoms with Gasteiger partial charge in [-0.05, 0) is 6.92 Å². The molecule has 6 heteroatoms. The van der Waals surface area contributed by atoms with Gasteiger partial charge in [0.2, 0.25) is 5.91 Å². The number of amides is 1. The number of nitrogens with one attached hydrogen (secondary N) is 1. The fourth-order valence-corrected chi connectivity index (χ4v) is 1.62. The van der Waals surface area contributed by atoms with Crippen molar-refractivity contribution >= 4 is 29.0 Å². The maximum atomic E-state index is 11.5. The number of carbonyl (C=O) groups is 2. The molecule has 0 aliphatic heterocycles. The predicted molar refractivity (Wildman–Crippen MR) is 68.5 cm³/mol. The largest absolute Gasteiger partial charge is 0.497 e. The molecular weight excluding hydrogens is 258 g/mol. The van der Waals surface area contributed by atoms with Gasteiger partial charge in [0.25, 0.3) is 0 Å². The monoisotopic (exact) mass is 271 g/mol. The number of ether oxygens (including phenoxy) is 2. The molecule has 1 aromatic carbocycles. The molecule has 0 bridgehead atoms. The fraction of sp³-hybridized carbons (Fsp3) is 0.333. The summed E-state index contributed by atoms with van der Waals surface area (Å²) >= 11 is 6.01. The van der Waals surface area contributed by atoms with E-state index in [9.17, 15) is 9.59 Å². The summed E-state index contributed by atoms with van der Waals surface area (Å²) < 4.78 is 10.1. The lowest BCUT2D eigenvalue weighted by atomic mass is 10.2. The summed E-state index contributed by atoms with van der Waals surface area (Å²) in [5, 5.41) is 2.82. The number of rotatable bonds is 5. The molecule has 1 aromatic rings. The molecule has 0 spiro atoms. The topological polar surface area (TPSA) is 64.6 Å². The zero-order chi connectivity index (χ0) is 13.7. The highest BCUT2D eigenvalue weighted by atomic mass is 35.5. The molecule has 1 amide bonds. The summed E-state index contributed by atoms with van der Waals surface area (Å²) in [5.74, 6) is 0.224. The van der Waals surface area contributed by atoms with Crippen LogP contribution in [0.25, 0.3) is 0 Å². The Morgan fingerprint density at radius 3 is 2.44 bits per heavy atom. The van der Waals surface area contributed by atoms with E-state index in [-0.39, 0.29) is 17.2 Å². The van der Waals surface area contributed by atoms with Crippen LogP contribution in [0.2, 0.25) is 5.02 Å². The van der Waals surface area contributed by atoms with Crippen molar-refractivity contribution in [3.63, 3.8) is 0 Å². The Balaban J connectivity index is 3.00. The Bertz CT molecular complexity index is 473. The number of hydrogen-bond acceptors (Lipinski definition) is 4. The molecule has 98 valence electrons. The molecule has 0 unspecified atom stereocenters. The lowest BCUT2D eigenvalue weighted by molar-refractivity contribution is -0.124. The summed E-state index contributed by atoms with van der Waals surface area (Å²) in [7, 11) is 2.95. The van der Waals surface area contributed by atoms with Gasteiger partial charge in [0.1, 0.15) is 23.0 Å². The lowest BCUT2D eigenvalue weighted by Gasteiger charge is -2.13. The first-order valence-electron chi connectivity index (χ1n) is 5.18. The number of halogens is 1. The van der Waals surface area contributed by atoms with Gasteiger partial charge in [0, 0.05) is 12.1 Å². The van der Waals surface area contributed by atoms with Crippen LogP contribution in [0, 0.1) is 0 Å². The van der Waals surface area contributed by atoms with Gasteiger partial charge >= 0.3 is 0 Å². The van der Waals surface area contributed by atoms with Gasteiger partial charge in [-0.25, -0.2) is 0 Å².